The smallest absolute Gasteiger partial charge is 1.00 e. The number of hydrogen-bond donors (Lipinski definition) is 0. The molecular weight excluding hydrogens is 158 g/mol. The van der Waals surface area contributed by atoms with Crippen molar-refractivity contribution in [3.05, 3.63) is 0 Å². The summed E-state index contributed by atoms with van der Waals surface area (Å²) in [5, 5.41) is 0. The largest absolute Gasteiger partial charge is 1.00 e. The van der Waals surface area contributed by atoms with Crippen LogP contribution in [0.2, 0.25) is 4.55 Å². The Hall–Kier alpha value is 1.02. The minimum Gasteiger partial charge on any atom is -1.00 e. The molecule has 0 heterocycles. The van der Waals surface area contributed by atoms with E-state index in [1.54, 1.807) is 0 Å². The molecule has 0 aromatic carbocycles. The molecule has 0 N–H and O–H groups in total. The molecule has 0 rings (SSSR count). The molecule has 10 heavy (non-hydrogen) atoms. The summed E-state index contributed by atoms with van der Waals surface area (Å²) in [4.78, 5) is 2.47. The molecule has 0 aliphatic carbocycles. The zero-order valence-corrected chi connectivity index (χ0v) is 9.24. The Kier molecular flexibility index (Phi) is 13.6. The first-order valence-corrected chi connectivity index (χ1v) is 4.86. The molecule has 0 saturated heterocycles. The van der Waals surface area contributed by atoms with Gasteiger partial charge in [0, 0.05) is 0 Å². The Morgan fingerprint density at radius 1 is 1.20 bits per heavy atom. The fourth-order valence-electron chi connectivity index (χ4n) is 0.875. The average molecular weight is 174 g/mol. The van der Waals surface area contributed by atoms with Gasteiger partial charge in [-0.15, -0.1) is 0 Å². The molecule has 58 valence electrons. The van der Waals surface area contributed by atoms with Crippen LogP contribution in [0.1, 0.15) is 20.3 Å². The fourth-order valence-corrected chi connectivity index (χ4v) is 1.10. The van der Waals surface area contributed by atoms with Crippen molar-refractivity contribution in [3.63, 3.8) is 0 Å². The maximum atomic E-state index is 2.47. The summed E-state index contributed by atoms with van der Waals surface area (Å²) in [6.07, 6.45) is 1.36. The molecule has 0 spiro atoms. The quantitative estimate of drug-likeness (QED) is 0.449. The zero-order valence-electron chi connectivity index (χ0n) is 7.07. The van der Waals surface area contributed by atoms with Crippen molar-refractivity contribution in [1.82, 2.24) is 4.90 Å². The van der Waals surface area contributed by atoms with Crippen LogP contribution in [0.25, 0.3) is 0 Å². The second-order valence-corrected chi connectivity index (χ2v) is 2.94. The predicted octanol–water partition coefficient (Wildman–Crippen LogP) is -1.69. The van der Waals surface area contributed by atoms with Gasteiger partial charge in [0.15, 0.2) is 0 Å². The summed E-state index contributed by atoms with van der Waals surface area (Å²) in [7, 11) is 0. The van der Waals surface area contributed by atoms with Crippen LogP contribution < -0.4 is 12.4 Å². The van der Waals surface area contributed by atoms with Crippen LogP contribution >= 0.6 is 0 Å². The molecule has 0 amide bonds. The Bertz CT molecular complexity index is 57.6. The van der Waals surface area contributed by atoms with E-state index in [9.17, 15) is 0 Å². The predicted molar refractivity (Wildman–Crippen MR) is 43.0 cm³/mol. The number of hydrogen-bond acceptors (Lipinski definition) is 1. The molecule has 0 fully saturated rings. The van der Waals surface area contributed by atoms with Crippen molar-refractivity contribution in [2.75, 3.05) is 19.6 Å². The van der Waals surface area contributed by atoms with Crippen LogP contribution in [-0.2, 0) is 0 Å². The second-order valence-electron chi connectivity index (χ2n) is 2.23. The normalized spacial score (nSPS) is 9.70. The summed E-state index contributed by atoms with van der Waals surface area (Å²) in [6.45, 7) is 8.15. The number of nitrogens with zero attached hydrogens (tertiary/aromatic N) is 1. The third kappa shape index (κ3) is 7.13. The molecule has 0 bridgehead atoms. The summed E-state index contributed by atoms with van der Waals surface area (Å²) < 4.78 is 1.34. The Balaban J connectivity index is 0. The monoisotopic (exact) mass is 173 g/mol. The van der Waals surface area contributed by atoms with Crippen LogP contribution in [0.5, 0.6) is 0 Å². The zero-order chi connectivity index (χ0) is 7.11. The van der Waals surface area contributed by atoms with E-state index in [0.29, 0.717) is 0 Å². The first kappa shape index (κ1) is 13.6. The fraction of sp³-hybridized carbons (Fsp3) is 1.00. The van der Waals surface area contributed by atoms with Gasteiger partial charge in [-0.05, 0) is 0 Å². The van der Waals surface area contributed by atoms with Gasteiger partial charge in [0.1, 0.15) is 0 Å². The van der Waals surface area contributed by atoms with E-state index in [0.717, 1.165) is 0 Å². The van der Waals surface area contributed by atoms with E-state index in [1.807, 2.05) is 0 Å². The Morgan fingerprint density at radius 3 is 2.00 bits per heavy atom. The molecule has 0 saturated carbocycles. The first-order valence-electron chi connectivity index (χ1n) is 3.86. The molecular formula is C7H16ClMgN. The minimum absolute atomic E-state index is 0. The SMILES string of the molecule is CCN(CC)CC[CH2][Mg+].[Cl-]. The van der Waals surface area contributed by atoms with E-state index in [-0.39, 0.29) is 12.4 Å². The van der Waals surface area contributed by atoms with Gasteiger partial charge in [0.25, 0.3) is 0 Å². The van der Waals surface area contributed by atoms with E-state index in [4.69, 9.17) is 0 Å². The van der Waals surface area contributed by atoms with Crippen LogP contribution in [0.4, 0.5) is 0 Å². The summed E-state index contributed by atoms with van der Waals surface area (Å²) in [5.74, 6) is 0. The van der Waals surface area contributed by atoms with Gasteiger partial charge >= 0.3 is 71.1 Å². The summed E-state index contributed by atoms with van der Waals surface area (Å²) in [5.41, 5.74) is 0. The molecule has 0 aliphatic rings. The van der Waals surface area contributed by atoms with Crippen molar-refractivity contribution in [2.24, 2.45) is 0 Å². The molecule has 3 heteroatoms. The maximum Gasteiger partial charge on any atom is -1.00 e. The van der Waals surface area contributed by atoms with Gasteiger partial charge < -0.3 is 12.4 Å². The summed E-state index contributed by atoms with van der Waals surface area (Å²) >= 11 is 2.07. The molecule has 1 nitrogen and oxygen atoms in total. The van der Waals surface area contributed by atoms with E-state index < -0.39 is 0 Å². The molecule has 0 aromatic rings. The second kappa shape index (κ2) is 10.0. The Morgan fingerprint density at radius 2 is 1.70 bits per heavy atom. The van der Waals surface area contributed by atoms with Crippen molar-refractivity contribution in [1.29, 1.82) is 0 Å². The molecule has 0 atom stereocenters. The first-order chi connectivity index (χ1) is 4.35. The van der Waals surface area contributed by atoms with Crippen LogP contribution in [-0.4, -0.2) is 46.2 Å². The third-order valence-electron chi connectivity index (χ3n) is 1.62. The van der Waals surface area contributed by atoms with Gasteiger partial charge in [-0.3, -0.25) is 0 Å². The van der Waals surface area contributed by atoms with Gasteiger partial charge in [0.05, 0.1) is 0 Å². The van der Waals surface area contributed by atoms with Crippen LogP contribution in [0, 0.1) is 0 Å². The van der Waals surface area contributed by atoms with Gasteiger partial charge in [-0.1, -0.05) is 0 Å². The third-order valence-corrected chi connectivity index (χ3v) is 2.12. The molecule has 0 aromatic heterocycles. The van der Waals surface area contributed by atoms with Gasteiger partial charge in [-0.2, -0.15) is 0 Å². The molecule has 0 unspecified atom stereocenters. The van der Waals surface area contributed by atoms with Crippen molar-refractivity contribution < 1.29 is 12.4 Å². The molecule has 0 radical (unpaired) electrons. The van der Waals surface area contributed by atoms with E-state index in [1.165, 1.54) is 30.6 Å². The summed E-state index contributed by atoms with van der Waals surface area (Å²) in [6, 6.07) is 0. The van der Waals surface area contributed by atoms with E-state index in [2.05, 4.69) is 40.5 Å². The molecule has 0 aliphatic heterocycles. The minimum atomic E-state index is 0. The van der Waals surface area contributed by atoms with Crippen molar-refractivity contribution in [3.8, 4) is 0 Å². The topological polar surface area (TPSA) is 3.24 Å². The number of rotatable bonds is 5. The van der Waals surface area contributed by atoms with Crippen LogP contribution in [0.3, 0.4) is 0 Å². The van der Waals surface area contributed by atoms with Crippen LogP contribution in [0.15, 0.2) is 0 Å². The van der Waals surface area contributed by atoms with Gasteiger partial charge in [-0.25, -0.2) is 0 Å². The van der Waals surface area contributed by atoms with Crippen molar-refractivity contribution in [2.45, 2.75) is 24.8 Å². The standard InChI is InChI=1S/C7H16N.ClH.Mg/c1-4-7-8(5-2)6-3;;/h1,4-7H2,2-3H3;1H;/q;;+1/p-1. The maximum absolute atomic E-state index is 2.47. The number of halogens is 1. The van der Waals surface area contributed by atoms with Gasteiger partial charge in [0.2, 0.25) is 0 Å². The Labute approximate surface area is 83.4 Å². The van der Waals surface area contributed by atoms with Crippen molar-refractivity contribution >= 4 is 21.7 Å². The average Bonchev–Trinajstić information content (AvgIpc) is 1.91. The van der Waals surface area contributed by atoms with E-state index >= 15 is 0 Å².